The molecule has 0 spiro atoms. The first-order chi connectivity index (χ1) is 17.1. The van der Waals surface area contributed by atoms with Crippen LogP contribution in [0.5, 0.6) is 5.75 Å². The molecule has 0 saturated heterocycles. The van der Waals surface area contributed by atoms with Crippen LogP contribution < -0.4 is 10.6 Å². The molecule has 0 fully saturated rings. The van der Waals surface area contributed by atoms with Crippen molar-refractivity contribution in [2.45, 2.75) is 78.0 Å². The Morgan fingerprint density at radius 2 is 1.83 bits per heavy atom. The van der Waals surface area contributed by atoms with E-state index >= 15 is 0 Å². The van der Waals surface area contributed by atoms with Crippen LogP contribution in [0.15, 0.2) is 42.5 Å². The average Bonchev–Trinajstić information content (AvgIpc) is 2.85. The second-order valence-electron chi connectivity index (χ2n) is 10.9. The summed E-state index contributed by atoms with van der Waals surface area (Å²) in [5.74, 6) is -0.733. The fourth-order valence-corrected chi connectivity index (χ4v) is 5.25. The number of hydrogen-bond acceptors (Lipinski definition) is 4. The zero-order valence-electron chi connectivity index (χ0n) is 21.5. The highest BCUT2D eigenvalue weighted by Crippen LogP contribution is 2.32. The number of benzene rings is 2. The molecule has 1 aliphatic heterocycles. The number of phenolic OH excluding ortho intramolecular Hbond substituents is 1. The molecule has 2 aromatic rings. The van der Waals surface area contributed by atoms with Crippen molar-refractivity contribution >= 4 is 17.7 Å². The molecule has 0 bridgehead atoms. The fraction of sp³-hybridized carbons (Fsp3) is 0.448. The van der Waals surface area contributed by atoms with Crippen LogP contribution in [0.1, 0.15) is 68.8 Å². The number of amides is 3. The number of aromatic hydroxyl groups is 1. The first kappa shape index (κ1) is 25.7. The maximum absolute atomic E-state index is 14.0. The third-order valence-corrected chi connectivity index (χ3v) is 7.25. The molecule has 4 rings (SSSR count). The third-order valence-electron chi connectivity index (χ3n) is 7.25. The lowest BCUT2D eigenvalue weighted by atomic mass is 9.83. The van der Waals surface area contributed by atoms with E-state index in [1.165, 1.54) is 12.0 Å². The molecule has 191 valence electrons. The number of rotatable bonds is 5. The molecular formula is C29H36N3O4. The molecule has 0 saturated carbocycles. The molecule has 0 aromatic heterocycles. The molecule has 3 N–H and O–H groups in total. The van der Waals surface area contributed by atoms with Crippen LogP contribution in [0.4, 0.5) is 0 Å². The van der Waals surface area contributed by atoms with Crippen molar-refractivity contribution in [3.63, 3.8) is 0 Å². The second kappa shape index (κ2) is 10.3. The van der Waals surface area contributed by atoms with Gasteiger partial charge in [0.15, 0.2) is 0 Å². The summed E-state index contributed by atoms with van der Waals surface area (Å²) in [7, 11) is 0. The Balaban J connectivity index is 1.65. The Morgan fingerprint density at radius 3 is 2.56 bits per heavy atom. The van der Waals surface area contributed by atoms with E-state index in [2.05, 4.69) is 22.8 Å². The molecule has 1 radical (unpaired) electrons. The third kappa shape index (κ3) is 5.40. The highest BCUT2D eigenvalue weighted by Gasteiger charge is 2.42. The lowest BCUT2D eigenvalue weighted by Crippen LogP contribution is -2.60. The van der Waals surface area contributed by atoms with Gasteiger partial charge in [-0.3, -0.25) is 14.4 Å². The van der Waals surface area contributed by atoms with Gasteiger partial charge in [0.2, 0.25) is 17.7 Å². The van der Waals surface area contributed by atoms with Gasteiger partial charge in [-0.2, -0.15) is 0 Å². The largest absolute Gasteiger partial charge is 0.508 e. The van der Waals surface area contributed by atoms with E-state index in [1.54, 1.807) is 24.0 Å². The van der Waals surface area contributed by atoms with Crippen LogP contribution >= 0.6 is 0 Å². The van der Waals surface area contributed by atoms with E-state index in [1.807, 2.05) is 39.0 Å². The minimum Gasteiger partial charge on any atom is -0.508 e. The van der Waals surface area contributed by atoms with Crippen LogP contribution in [0.2, 0.25) is 0 Å². The number of nitrogens with one attached hydrogen (secondary N) is 2. The number of phenols is 1. The Hall–Kier alpha value is -3.35. The Bertz CT molecular complexity index is 1150. The Kier molecular flexibility index (Phi) is 7.38. The zero-order chi connectivity index (χ0) is 26.0. The van der Waals surface area contributed by atoms with Crippen LogP contribution in [0, 0.1) is 11.8 Å². The maximum atomic E-state index is 14.0. The summed E-state index contributed by atoms with van der Waals surface area (Å²) in [6, 6.07) is 11.6. The van der Waals surface area contributed by atoms with Gasteiger partial charge in [0.05, 0.1) is 6.04 Å². The van der Waals surface area contributed by atoms with Gasteiger partial charge in [0.1, 0.15) is 17.8 Å². The standard InChI is InChI=1S/C29H36N3O4/c1-5-25(34)31-26(29(2,3)4)28(36)32-17-20-15-21(33)14-13-19(20)16-24(32)27(35)30-23-12-8-10-18-9-6-7-11-22(18)23/h5-7,9,11,13-15,23-24,26,33H,8,10,12,16-17H2,1-4H3,(H,30,35)(H,31,34)/t23-,24+,26-/m1/s1. The minimum atomic E-state index is -0.814. The smallest absolute Gasteiger partial charge is 0.246 e. The zero-order valence-corrected chi connectivity index (χ0v) is 21.5. The van der Waals surface area contributed by atoms with Crippen molar-refractivity contribution in [3.05, 3.63) is 71.1 Å². The van der Waals surface area contributed by atoms with Gasteiger partial charge in [0, 0.05) is 19.4 Å². The van der Waals surface area contributed by atoms with Gasteiger partial charge < -0.3 is 20.6 Å². The summed E-state index contributed by atoms with van der Waals surface area (Å²) in [5, 5.41) is 16.1. The van der Waals surface area contributed by atoms with Gasteiger partial charge in [-0.05, 0) is 59.1 Å². The molecule has 1 aliphatic carbocycles. The first-order valence-electron chi connectivity index (χ1n) is 12.7. The number of hydrogen-bond donors (Lipinski definition) is 3. The highest BCUT2D eigenvalue weighted by molar-refractivity contribution is 5.94. The molecule has 2 aromatic carbocycles. The van der Waals surface area contributed by atoms with E-state index in [0.717, 1.165) is 36.0 Å². The van der Waals surface area contributed by atoms with Crippen molar-refractivity contribution in [1.82, 2.24) is 15.5 Å². The second-order valence-corrected chi connectivity index (χ2v) is 10.9. The van der Waals surface area contributed by atoms with Crippen molar-refractivity contribution in [1.29, 1.82) is 0 Å². The summed E-state index contributed by atoms with van der Waals surface area (Å²) < 4.78 is 0. The van der Waals surface area contributed by atoms with E-state index in [4.69, 9.17) is 0 Å². The Morgan fingerprint density at radius 1 is 1.08 bits per heavy atom. The minimum absolute atomic E-state index is 0.103. The summed E-state index contributed by atoms with van der Waals surface area (Å²) in [6.45, 7) is 7.48. The molecule has 2 aliphatic rings. The van der Waals surface area contributed by atoms with Gasteiger partial charge >= 0.3 is 0 Å². The summed E-state index contributed by atoms with van der Waals surface area (Å²) in [4.78, 5) is 41.5. The topological polar surface area (TPSA) is 98.7 Å². The summed E-state index contributed by atoms with van der Waals surface area (Å²) in [6.07, 6.45) is 4.56. The van der Waals surface area contributed by atoms with E-state index in [-0.39, 0.29) is 36.1 Å². The predicted molar refractivity (Wildman–Crippen MR) is 138 cm³/mol. The van der Waals surface area contributed by atoms with Crippen LogP contribution in [0.3, 0.4) is 0 Å². The molecule has 0 unspecified atom stereocenters. The number of carbonyl (C=O) groups excluding carboxylic acids is 3. The predicted octanol–water partition coefficient (Wildman–Crippen LogP) is 3.59. The summed E-state index contributed by atoms with van der Waals surface area (Å²) >= 11 is 0. The number of carbonyl (C=O) groups is 3. The van der Waals surface area contributed by atoms with Crippen LogP contribution in [-0.4, -0.2) is 39.8 Å². The lowest BCUT2D eigenvalue weighted by molar-refractivity contribution is -0.147. The monoisotopic (exact) mass is 490 g/mol. The van der Waals surface area contributed by atoms with Crippen LogP contribution in [0.25, 0.3) is 0 Å². The lowest BCUT2D eigenvalue weighted by Gasteiger charge is -2.41. The SMILES string of the molecule is C[CH]C(=O)N[C@H](C(=O)N1Cc2cc(O)ccc2C[C@H]1C(=O)N[C@@H]1CCCc2ccccc21)C(C)(C)C. The average molecular weight is 491 g/mol. The first-order valence-corrected chi connectivity index (χ1v) is 12.7. The molecule has 3 atom stereocenters. The van der Waals surface area contributed by atoms with Crippen LogP contribution in [-0.2, 0) is 33.8 Å². The van der Waals surface area contributed by atoms with Crippen molar-refractivity contribution in [2.75, 3.05) is 0 Å². The summed E-state index contributed by atoms with van der Waals surface area (Å²) in [5.41, 5.74) is 3.54. The van der Waals surface area contributed by atoms with Gasteiger partial charge in [0.25, 0.3) is 0 Å². The molecule has 3 amide bonds. The van der Waals surface area contributed by atoms with E-state index < -0.39 is 17.5 Å². The number of aryl methyl sites for hydroxylation is 1. The molecule has 1 heterocycles. The maximum Gasteiger partial charge on any atom is 0.246 e. The number of fused-ring (bicyclic) bond motifs is 2. The molecule has 7 nitrogen and oxygen atoms in total. The van der Waals surface area contributed by atoms with Gasteiger partial charge in [-0.15, -0.1) is 0 Å². The number of nitrogens with zero attached hydrogens (tertiary/aromatic N) is 1. The quantitative estimate of drug-likeness (QED) is 0.597. The van der Waals surface area contributed by atoms with E-state index in [9.17, 15) is 19.5 Å². The molecule has 7 heteroatoms. The van der Waals surface area contributed by atoms with Crippen molar-refractivity contribution in [3.8, 4) is 5.75 Å². The van der Waals surface area contributed by atoms with Crippen molar-refractivity contribution < 1.29 is 19.5 Å². The van der Waals surface area contributed by atoms with Crippen molar-refractivity contribution in [2.24, 2.45) is 5.41 Å². The normalized spacial score (nSPS) is 20.1. The molecular weight excluding hydrogens is 454 g/mol. The molecule has 36 heavy (non-hydrogen) atoms. The Labute approximate surface area is 213 Å². The highest BCUT2D eigenvalue weighted by atomic mass is 16.3. The van der Waals surface area contributed by atoms with E-state index in [0.29, 0.717) is 6.42 Å². The van der Waals surface area contributed by atoms with Gasteiger partial charge in [-0.1, -0.05) is 58.0 Å². The van der Waals surface area contributed by atoms with Gasteiger partial charge in [-0.25, -0.2) is 0 Å². The fourth-order valence-electron chi connectivity index (χ4n) is 5.25.